The molecule has 1 aromatic heterocycles. The van der Waals surface area contributed by atoms with Crippen molar-refractivity contribution < 1.29 is 14.8 Å². The third-order valence-corrected chi connectivity index (χ3v) is 1.57. The minimum absolute atomic E-state index is 0.0274. The Kier molecular flexibility index (Phi) is 1.89. The number of rotatable bonds is 1. The molecule has 0 saturated carbocycles. The van der Waals surface area contributed by atoms with Crippen molar-refractivity contribution in [1.29, 1.82) is 0 Å². The summed E-state index contributed by atoms with van der Waals surface area (Å²) in [5.41, 5.74) is 10.3. The van der Waals surface area contributed by atoms with E-state index in [2.05, 4.69) is 5.32 Å². The molecule has 0 aliphatic carbocycles. The Morgan fingerprint density at radius 3 is 2.31 bits per heavy atom. The van der Waals surface area contributed by atoms with E-state index in [1.807, 2.05) is 0 Å². The Morgan fingerprint density at radius 1 is 1.31 bits per heavy atom. The lowest BCUT2D eigenvalue weighted by atomic mass is 10.3. The van der Waals surface area contributed by atoms with Gasteiger partial charge in [-0.3, -0.25) is 5.73 Å². The van der Waals surface area contributed by atoms with Gasteiger partial charge in [-0.25, -0.2) is 0 Å². The fourth-order valence-corrected chi connectivity index (χ4v) is 0.895. The van der Waals surface area contributed by atoms with E-state index < -0.39 is 11.7 Å². The van der Waals surface area contributed by atoms with E-state index in [-0.39, 0.29) is 21.1 Å². The number of nitrogens with one attached hydrogen (secondary N) is 1. The average molecular weight is 187 g/mol. The highest BCUT2D eigenvalue weighted by Gasteiger charge is 2.24. The number of nitrogens with two attached hydrogens (primary N) is 2. The quantitative estimate of drug-likeness (QED) is 0.292. The van der Waals surface area contributed by atoms with Crippen molar-refractivity contribution in [2.24, 2.45) is 0 Å². The van der Waals surface area contributed by atoms with Crippen LogP contribution in [-0.2, 0) is 0 Å². The van der Waals surface area contributed by atoms with Crippen LogP contribution in [0.2, 0.25) is 0 Å². The molecule has 0 aromatic carbocycles. The maximum absolute atomic E-state index is 10.9. The first kappa shape index (κ1) is 8.97. The molecule has 0 atom stereocenters. The maximum atomic E-state index is 10.9. The standard InChI is InChI=1S/C5H9N5O3/c1-8-3-2(6)5(11)10(13)9(12)4(3)7/h8,11H,6-7H2,1H3. The van der Waals surface area contributed by atoms with Gasteiger partial charge in [-0.05, 0) is 0 Å². The topological polar surface area (TPSA) is 138 Å². The number of aromatic nitrogens is 2. The molecule has 1 aromatic rings. The molecule has 0 fully saturated rings. The van der Waals surface area contributed by atoms with Crippen molar-refractivity contribution in [1.82, 2.24) is 0 Å². The van der Waals surface area contributed by atoms with Gasteiger partial charge >= 0.3 is 11.7 Å². The zero-order valence-electron chi connectivity index (χ0n) is 6.81. The molecule has 0 saturated heterocycles. The molecule has 0 aliphatic rings. The SMILES string of the molecule is CNc1c(N)c(O)[n+]([O-])[n+]([O-])c1N. The smallest absolute Gasteiger partial charge is 0.446 e. The minimum Gasteiger partial charge on any atom is -0.657 e. The largest absolute Gasteiger partial charge is 0.657 e. The second-order valence-electron chi connectivity index (χ2n) is 2.29. The van der Waals surface area contributed by atoms with Crippen LogP contribution < -0.4 is 26.5 Å². The lowest BCUT2D eigenvalue weighted by Gasteiger charge is -2.10. The molecule has 0 spiro atoms. The highest BCUT2D eigenvalue weighted by atomic mass is 16.6. The van der Waals surface area contributed by atoms with Gasteiger partial charge in [-0.1, -0.05) is 0 Å². The maximum Gasteiger partial charge on any atom is 0.446 e. The minimum atomic E-state index is -0.881. The van der Waals surface area contributed by atoms with E-state index in [0.717, 1.165) is 0 Å². The summed E-state index contributed by atoms with van der Waals surface area (Å²) >= 11 is 0. The highest BCUT2D eigenvalue weighted by molar-refractivity contribution is 5.76. The molecule has 0 aliphatic heterocycles. The Hall–Kier alpha value is -2.12. The van der Waals surface area contributed by atoms with Gasteiger partial charge in [-0.2, -0.15) is 0 Å². The first-order valence-corrected chi connectivity index (χ1v) is 3.31. The third-order valence-electron chi connectivity index (χ3n) is 1.57. The summed E-state index contributed by atoms with van der Waals surface area (Å²) in [6, 6.07) is 0. The van der Waals surface area contributed by atoms with Crippen molar-refractivity contribution in [3.63, 3.8) is 0 Å². The summed E-state index contributed by atoms with van der Waals surface area (Å²) in [5, 5.41) is 33.2. The number of anilines is 3. The summed E-state index contributed by atoms with van der Waals surface area (Å²) in [6.07, 6.45) is 0. The van der Waals surface area contributed by atoms with Crippen molar-refractivity contribution in [2.75, 3.05) is 23.8 Å². The molecular formula is C5H9N5O3. The van der Waals surface area contributed by atoms with Gasteiger partial charge in [0.25, 0.3) is 0 Å². The molecule has 1 heterocycles. The molecule has 8 nitrogen and oxygen atoms in total. The Bertz CT molecular complexity index is 324. The van der Waals surface area contributed by atoms with E-state index >= 15 is 0 Å². The zero-order valence-corrected chi connectivity index (χ0v) is 6.81. The van der Waals surface area contributed by atoms with Crippen molar-refractivity contribution in [2.45, 2.75) is 0 Å². The second-order valence-corrected chi connectivity index (χ2v) is 2.29. The van der Waals surface area contributed by atoms with Crippen LogP contribution in [0.5, 0.6) is 5.88 Å². The number of hydrogen-bond donors (Lipinski definition) is 4. The van der Waals surface area contributed by atoms with Crippen molar-refractivity contribution in [3.8, 4) is 5.88 Å². The highest BCUT2D eigenvalue weighted by Crippen LogP contribution is 2.26. The van der Waals surface area contributed by atoms with Crippen LogP contribution in [0.3, 0.4) is 0 Å². The number of nitrogen functional groups attached to an aromatic ring is 2. The Balaban J connectivity index is 3.56. The Morgan fingerprint density at radius 2 is 1.85 bits per heavy atom. The van der Waals surface area contributed by atoms with E-state index in [9.17, 15) is 10.4 Å². The third kappa shape index (κ3) is 1.08. The Labute approximate surface area is 73.1 Å². The van der Waals surface area contributed by atoms with Crippen LogP contribution in [0.25, 0.3) is 0 Å². The number of aromatic hydroxyl groups is 1. The van der Waals surface area contributed by atoms with Crippen molar-refractivity contribution in [3.05, 3.63) is 10.4 Å². The van der Waals surface area contributed by atoms with Gasteiger partial charge in [-0.15, -0.1) is 0 Å². The molecule has 0 bridgehead atoms. The fraction of sp³-hybridized carbons (Fsp3) is 0.200. The van der Waals surface area contributed by atoms with Crippen LogP contribution in [0.1, 0.15) is 0 Å². The van der Waals surface area contributed by atoms with Crippen molar-refractivity contribution >= 4 is 17.2 Å². The summed E-state index contributed by atoms with van der Waals surface area (Å²) in [6.45, 7) is 0. The first-order valence-electron chi connectivity index (χ1n) is 3.31. The van der Waals surface area contributed by atoms with Gasteiger partial charge in [0.2, 0.25) is 0 Å². The normalized spacial score (nSPS) is 9.92. The van der Waals surface area contributed by atoms with Gasteiger partial charge in [0.15, 0.2) is 11.4 Å². The van der Waals surface area contributed by atoms with E-state index in [0.29, 0.717) is 0 Å². The average Bonchev–Trinajstić information content (AvgIpc) is 2.13. The summed E-state index contributed by atoms with van der Waals surface area (Å²) in [5.74, 6) is -1.28. The first-order chi connectivity index (χ1) is 6.00. The molecular weight excluding hydrogens is 178 g/mol. The van der Waals surface area contributed by atoms with E-state index in [1.165, 1.54) is 7.05 Å². The molecule has 1 rings (SSSR count). The molecule has 0 radical (unpaired) electrons. The fourth-order valence-electron chi connectivity index (χ4n) is 0.895. The second kappa shape index (κ2) is 2.73. The molecule has 6 N–H and O–H groups in total. The van der Waals surface area contributed by atoms with Gasteiger partial charge in [0.05, 0.1) is 0 Å². The number of nitrogens with zero attached hydrogens (tertiary/aromatic N) is 2. The number of hydrogen-bond acceptors (Lipinski definition) is 6. The van der Waals surface area contributed by atoms with E-state index in [4.69, 9.17) is 16.6 Å². The predicted octanol–water partition coefficient (Wildman–Crippen LogP) is -2.13. The van der Waals surface area contributed by atoms with Gasteiger partial charge in [0.1, 0.15) is 0 Å². The lowest BCUT2D eigenvalue weighted by molar-refractivity contribution is -1.18. The molecule has 0 unspecified atom stereocenters. The van der Waals surface area contributed by atoms with Crippen LogP contribution in [-0.4, -0.2) is 12.2 Å². The molecule has 72 valence electrons. The van der Waals surface area contributed by atoms with Crippen LogP contribution in [0.15, 0.2) is 0 Å². The summed E-state index contributed by atoms with van der Waals surface area (Å²) in [4.78, 5) is -0.553. The molecule has 8 heteroatoms. The summed E-state index contributed by atoms with van der Waals surface area (Å²) < 4.78 is 0. The summed E-state index contributed by atoms with van der Waals surface area (Å²) in [7, 11) is 1.45. The zero-order chi connectivity index (χ0) is 10.2. The van der Waals surface area contributed by atoms with Gasteiger partial charge < -0.3 is 26.6 Å². The molecule has 0 amide bonds. The monoisotopic (exact) mass is 187 g/mol. The van der Waals surface area contributed by atoms with E-state index in [1.54, 1.807) is 0 Å². The molecule has 13 heavy (non-hydrogen) atoms. The van der Waals surface area contributed by atoms with Crippen LogP contribution in [0, 0.1) is 10.4 Å². The van der Waals surface area contributed by atoms with Crippen LogP contribution in [0.4, 0.5) is 17.2 Å². The predicted molar refractivity (Wildman–Crippen MR) is 44.4 cm³/mol. The van der Waals surface area contributed by atoms with Crippen LogP contribution >= 0.6 is 0 Å². The van der Waals surface area contributed by atoms with Gasteiger partial charge in [0, 0.05) is 16.7 Å². The lowest BCUT2D eigenvalue weighted by Crippen LogP contribution is -2.62.